The Balaban J connectivity index is 1.38. The highest BCUT2D eigenvalue weighted by molar-refractivity contribution is 6.50. The minimum atomic E-state index is -0.817. The fourth-order valence-electron chi connectivity index (χ4n) is 4.12. The molecule has 196 valence electrons. The van der Waals surface area contributed by atoms with Crippen LogP contribution in [0.25, 0.3) is 0 Å². The van der Waals surface area contributed by atoms with Crippen molar-refractivity contribution in [2.75, 3.05) is 25.0 Å². The maximum Gasteiger partial charge on any atom is 0.313 e. The van der Waals surface area contributed by atoms with Gasteiger partial charge >= 0.3 is 5.91 Å². The molecule has 13 heteroatoms. The zero-order valence-electron chi connectivity index (χ0n) is 20.0. The number of benzene rings is 1. The van der Waals surface area contributed by atoms with Crippen LogP contribution in [-0.2, 0) is 21.0 Å². The summed E-state index contributed by atoms with van der Waals surface area (Å²) in [5.74, 6) is -0.397. The number of amides is 3. The van der Waals surface area contributed by atoms with Crippen molar-refractivity contribution in [2.24, 2.45) is 11.7 Å². The van der Waals surface area contributed by atoms with Crippen molar-refractivity contribution in [3.05, 3.63) is 48.0 Å². The molecule has 0 radical (unpaired) electrons. The van der Waals surface area contributed by atoms with Crippen LogP contribution in [0.1, 0.15) is 30.7 Å². The average Bonchev–Trinajstić information content (AvgIpc) is 3.26. The monoisotopic (exact) mass is 548 g/mol. The highest BCUT2D eigenvalue weighted by Gasteiger charge is 2.51. The number of ether oxygens (including phenoxy) is 1. The van der Waals surface area contributed by atoms with Gasteiger partial charge < -0.3 is 26.0 Å². The summed E-state index contributed by atoms with van der Waals surface area (Å²) < 4.78 is 4.93. The van der Waals surface area contributed by atoms with Gasteiger partial charge in [-0.05, 0) is 43.5 Å². The highest BCUT2D eigenvalue weighted by atomic mass is 35.5. The highest BCUT2D eigenvalue weighted by Crippen LogP contribution is 2.52. The predicted molar refractivity (Wildman–Crippen MR) is 137 cm³/mol. The molecule has 2 atom stereocenters. The van der Waals surface area contributed by atoms with Gasteiger partial charge in [0.25, 0.3) is 5.71 Å². The van der Waals surface area contributed by atoms with E-state index in [0.717, 1.165) is 0 Å². The number of alkyl halides is 2. The van der Waals surface area contributed by atoms with E-state index in [0.29, 0.717) is 49.6 Å². The minimum absolute atomic E-state index is 0.0181. The van der Waals surface area contributed by atoms with Crippen LogP contribution in [0.5, 0.6) is 5.75 Å². The molecule has 0 spiro atoms. The molecule has 4 rings (SSSR count). The van der Waals surface area contributed by atoms with Crippen LogP contribution in [0, 0.1) is 5.92 Å². The third-order valence-electron chi connectivity index (χ3n) is 6.32. The van der Waals surface area contributed by atoms with Crippen molar-refractivity contribution < 1.29 is 24.5 Å². The van der Waals surface area contributed by atoms with E-state index in [2.05, 4.69) is 20.6 Å². The van der Waals surface area contributed by atoms with Gasteiger partial charge in [0, 0.05) is 37.1 Å². The molecule has 1 aromatic carbocycles. The van der Waals surface area contributed by atoms with Gasteiger partial charge in [-0.3, -0.25) is 14.4 Å². The Bertz CT molecular complexity index is 1190. The van der Waals surface area contributed by atoms with Crippen molar-refractivity contribution in [1.82, 2.24) is 20.2 Å². The molecule has 0 unspecified atom stereocenters. The first-order valence-electron chi connectivity index (χ1n) is 11.8. The molecular formula is C24H28Cl2N7O4+. The number of halogens is 2. The van der Waals surface area contributed by atoms with E-state index in [1.165, 1.54) is 0 Å². The molecule has 0 bridgehead atoms. The molecule has 3 amide bonds. The topological polar surface area (TPSA) is 165 Å². The maximum atomic E-state index is 13.0. The number of nitrogens with one attached hydrogen (secondary N) is 2. The van der Waals surface area contributed by atoms with Gasteiger partial charge in [0.05, 0.1) is 12.1 Å². The zero-order chi connectivity index (χ0) is 26.6. The van der Waals surface area contributed by atoms with Crippen molar-refractivity contribution >= 4 is 52.3 Å². The second kappa shape index (κ2) is 11.3. The van der Waals surface area contributed by atoms with Gasteiger partial charge in [0.1, 0.15) is 22.7 Å². The second-order valence-electron chi connectivity index (χ2n) is 8.94. The molecule has 11 nitrogen and oxygen atoms in total. The lowest BCUT2D eigenvalue weighted by atomic mass is 10.1. The first kappa shape index (κ1) is 26.6. The van der Waals surface area contributed by atoms with Gasteiger partial charge in [0.15, 0.2) is 5.82 Å². The summed E-state index contributed by atoms with van der Waals surface area (Å²) in [6.45, 7) is 0.834. The lowest BCUT2D eigenvalue weighted by Crippen LogP contribution is -2.49. The fraction of sp³-hybridized carbons (Fsp3) is 0.417. The summed E-state index contributed by atoms with van der Waals surface area (Å²) in [6, 6.07) is 5.97. The van der Waals surface area contributed by atoms with Crippen LogP contribution in [0.3, 0.4) is 0 Å². The van der Waals surface area contributed by atoms with Crippen LogP contribution in [-0.4, -0.2) is 68.3 Å². The third-order valence-corrected chi connectivity index (χ3v) is 7.24. The number of primary amides is 1. The summed E-state index contributed by atoms with van der Waals surface area (Å²) in [5, 5.41) is 11.8. The van der Waals surface area contributed by atoms with E-state index in [1.807, 2.05) is 0 Å². The largest absolute Gasteiger partial charge is 0.486 e. The Labute approximate surface area is 223 Å². The Morgan fingerprint density at radius 1 is 1.24 bits per heavy atom. The van der Waals surface area contributed by atoms with Crippen LogP contribution in [0.4, 0.5) is 5.69 Å². The van der Waals surface area contributed by atoms with E-state index in [1.54, 1.807) is 41.6 Å². The summed E-state index contributed by atoms with van der Waals surface area (Å²) >= 11 is 12.1. The number of carbonyl (C=O) groups excluding carboxylic acids is 3. The molecule has 2 fully saturated rings. The number of nitrogens with zero attached hydrogens (tertiary/aromatic N) is 3. The van der Waals surface area contributed by atoms with E-state index >= 15 is 0 Å². The summed E-state index contributed by atoms with van der Waals surface area (Å²) in [6.07, 6.45) is 5.12. The molecule has 2 heterocycles. The summed E-state index contributed by atoms with van der Waals surface area (Å²) in [5.41, 5.74) is 5.92. The fourth-order valence-corrected chi connectivity index (χ4v) is 4.64. The van der Waals surface area contributed by atoms with E-state index in [4.69, 9.17) is 39.1 Å². The molecule has 1 aliphatic carbocycles. The number of nitrogens with two attached hydrogens (primary N) is 2. The molecule has 2 aliphatic rings. The number of rotatable bonds is 11. The SMILES string of the molecule is NC(=O)C(=[NH2+])c1cc(OCc2ncccn2)ccc1NCC(=O)N1CCC[C@H]1C(=O)NC[C@H]1CC1(Cl)Cl. The number of likely N-dealkylation sites (tertiary alicyclic amines) is 1. The number of hydrogen-bond acceptors (Lipinski definition) is 7. The van der Waals surface area contributed by atoms with Crippen molar-refractivity contribution in [2.45, 2.75) is 36.2 Å². The number of hydrogen-bond donors (Lipinski definition) is 4. The van der Waals surface area contributed by atoms with Crippen LogP contribution >= 0.6 is 23.2 Å². The Kier molecular flexibility index (Phi) is 8.13. The smallest absolute Gasteiger partial charge is 0.313 e. The third kappa shape index (κ3) is 6.66. The van der Waals surface area contributed by atoms with E-state index in [9.17, 15) is 14.4 Å². The molecule has 1 aliphatic heterocycles. The predicted octanol–water partition coefficient (Wildman–Crippen LogP) is -0.198. The van der Waals surface area contributed by atoms with Gasteiger partial charge in [-0.2, -0.15) is 0 Å². The van der Waals surface area contributed by atoms with Crippen LogP contribution in [0.15, 0.2) is 36.7 Å². The van der Waals surface area contributed by atoms with Gasteiger partial charge in [-0.25, -0.2) is 15.4 Å². The number of aromatic nitrogens is 2. The Morgan fingerprint density at radius 3 is 2.65 bits per heavy atom. The first-order valence-corrected chi connectivity index (χ1v) is 12.6. The zero-order valence-corrected chi connectivity index (χ0v) is 21.5. The van der Waals surface area contributed by atoms with Crippen molar-refractivity contribution in [3.63, 3.8) is 0 Å². The first-order chi connectivity index (χ1) is 17.7. The van der Waals surface area contributed by atoms with Crippen LogP contribution in [0.2, 0.25) is 0 Å². The summed E-state index contributed by atoms with van der Waals surface area (Å²) in [7, 11) is 0. The van der Waals surface area contributed by atoms with Gasteiger partial charge in [-0.15, -0.1) is 23.2 Å². The maximum absolute atomic E-state index is 13.0. The molecule has 6 N–H and O–H groups in total. The normalized spacial score (nSPS) is 19.7. The standard InChI is InChI=1S/C24H27Cl2N7O4/c25-24(26)10-14(24)11-32-23(36)18-3-1-8-33(18)20(34)12-31-17-5-4-15(9-16(17)21(27)22(28)35)37-13-19-29-6-2-7-30-19/h2,4-7,9,14,18,27,31H,1,3,8,10-13H2,(H2,28,35)(H,32,36)/p+1/t14-,18+/m1/s1. The molecule has 2 aromatic rings. The Hall–Kier alpha value is -3.44. The lowest BCUT2D eigenvalue weighted by molar-refractivity contribution is -0.137. The molecule has 1 saturated carbocycles. The average molecular weight is 549 g/mol. The minimum Gasteiger partial charge on any atom is -0.486 e. The van der Waals surface area contributed by atoms with Gasteiger partial charge in [-0.1, -0.05) is 0 Å². The van der Waals surface area contributed by atoms with Crippen molar-refractivity contribution in [3.8, 4) is 5.75 Å². The molecule has 1 aromatic heterocycles. The molecule has 37 heavy (non-hydrogen) atoms. The lowest BCUT2D eigenvalue weighted by Gasteiger charge is -2.24. The number of anilines is 1. The Morgan fingerprint density at radius 2 is 1.97 bits per heavy atom. The van der Waals surface area contributed by atoms with E-state index in [-0.39, 0.29) is 42.2 Å². The molecule has 1 saturated heterocycles. The number of carbonyl (C=O) groups is 3. The summed E-state index contributed by atoms with van der Waals surface area (Å²) in [4.78, 5) is 47.2. The molecular weight excluding hydrogens is 521 g/mol. The van der Waals surface area contributed by atoms with Gasteiger partial charge in [0.2, 0.25) is 11.8 Å². The second-order valence-corrected chi connectivity index (χ2v) is 10.5. The van der Waals surface area contributed by atoms with Crippen molar-refractivity contribution in [1.29, 1.82) is 0 Å². The van der Waals surface area contributed by atoms with E-state index < -0.39 is 16.3 Å². The quantitative estimate of drug-likeness (QED) is 0.223. The van der Waals surface area contributed by atoms with Crippen LogP contribution < -0.4 is 26.5 Å².